The first-order valence-corrected chi connectivity index (χ1v) is 10.4. The first kappa shape index (κ1) is 21.5. The average molecular weight is 412 g/mol. The van der Waals surface area contributed by atoms with Crippen LogP contribution in [0.15, 0.2) is 42.5 Å². The molecule has 0 saturated carbocycles. The van der Waals surface area contributed by atoms with Gasteiger partial charge in [0, 0.05) is 25.9 Å². The van der Waals surface area contributed by atoms with E-state index in [0.29, 0.717) is 38.8 Å². The second-order valence-electron chi connectivity index (χ2n) is 7.53. The van der Waals surface area contributed by atoms with E-state index in [0.717, 1.165) is 5.56 Å². The highest BCUT2D eigenvalue weighted by atomic mass is 16.2. The Kier molecular flexibility index (Phi) is 7.59. The molecule has 1 fully saturated rings. The van der Waals surface area contributed by atoms with Gasteiger partial charge in [-0.1, -0.05) is 42.5 Å². The fourth-order valence-corrected chi connectivity index (χ4v) is 3.73. The van der Waals surface area contributed by atoms with Gasteiger partial charge in [0.1, 0.15) is 12.1 Å². The molecule has 4 amide bonds. The molecular formula is C22H28N4O4. The van der Waals surface area contributed by atoms with Gasteiger partial charge >= 0.3 is 0 Å². The van der Waals surface area contributed by atoms with Crippen molar-refractivity contribution >= 4 is 23.6 Å². The van der Waals surface area contributed by atoms with Crippen molar-refractivity contribution in [3.63, 3.8) is 0 Å². The third kappa shape index (κ3) is 5.92. The Balaban J connectivity index is 1.78. The van der Waals surface area contributed by atoms with Gasteiger partial charge in [0.05, 0.1) is 6.54 Å². The summed E-state index contributed by atoms with van der Waals surface area (Å²) in [5, 5.41) is 8.28. The Morgan fingerprint density at radius 3 is 2.57 bits per heavy atom. The monoisotopic (exact) mass is 412 g/mol. The topological polar surface area (TPSA) is 108 Å². The van der Waals surface area contributed by atoms with Crippen LogP contribution in [0, 0.1) is 0 Å². The van der Waals surface area contributed by atoms with Crippen molar-refractivity contribution in [1.82, 2.24) is 20.9 Å². The number of allylic oxidation sites excluding steroid dienone is 1. The minimum absolute atomic E-state index is 0.125. The number of carbonyl (C=O) groups excluding carboxylic acids is 4. The summed E-state index contributed by atoms with van der Waals surface area (Å²) >= 11 is 0. The lowest BCUT2D eigenvalue weighted by atomic mass is 10.0. The molecule has 8 heteroatoms. The van der Waals surface area contributed by atoms with Crippen LogP contribution < -0.4 is 16.0 Å². The second kappa shape index (κ2) is 10.6. The van der Waals surface area contributed by atoms with E-state index in [4.69, 9.17) is 0 Å². The van der Waals surface area contributed by atoms with Crippen LogP contribution in [0.2, 0.25) is 0 Å². The molecule has 0 aromatic heterocycles. The van der Waals surface area contributed by atoms with E-state index in [2.05, 4.69) is 16.0 Å². The standard InChI is InChI=1S/C22H28N4O4/c27-19-11-5-2-6-12-23-21(29)17(14-16-8-3-1-4-9-16)25-22(30)18-10-7-13-26(18)20(28)15-24-19/h1-4,6,8-9,17-18H,5,7,10-15H2,(H,23,29)(H,24,27)(H,25,30)/b6-2+/t17-,18-/m0/s1. The molecule has 3 N–H and O–H groups in total. The molecule has 1 aromatic carbocycles. The number of hydrogen-bond donors (Lipinski definition) is 3. The van der Waals surface area contributed by atoms with E-state index in [1.54, 1.807) is 6.08 Å². The lowest BCUT2D eigenvalue weighted by Gasteiger charge is -2.26. The quantitative estimate of drug-likeness (QED) is 0.607. The summed E-state index contributed by atoms with van der Waals surface area (Å²) < 4.78 is 0. The van der Waals surface area contributed by atoms with Gasteiger partial charge in [-0.15, -0.1) is 0 Å². The molecule has 2 aliphatic heterocycles. The molecule has 0 aliphatic carbocycles. The summed E-state index contributed by atoms with van der Waals surface area (Å²) in [6.45, 7) is 0.654. The molecule has 1 aromatic rings. The Morgan fingerprint density at radius 2 is 1.77 bits per heavy atom. The number of rotatable bonds is 2. The predicted octanol–water partition coefficient (Wildman–Crippen LogP) is 0.287. The molecule has 2 aliphatic rings. The summed E-state index contributed by atoms with van der Waals surface area (Å²) in [5.74, 6) is -1.12. The van der Waals surface area contributed by atoms with Crippen LogP contribution in [0.4, 0.5) is 0 Å². The van der Waals surface area contributed by atoms with E-state index in [9.17, 15) is 19.2 Å². The first-order chi connectivity index (χ1) is 14.5. The van der Waals surface area contributed by atoms with E-state index in [-0.39, 0.29) is 36.6 Å². The van der Waals surface area contributed by atoms with Crippen LogP contribution in [0.3, 0.4) is 0 Å². The zero-order valence-electron chi connectivity index (χ0n) is 16.9. The van der Waals surface area contributed by atoms with E-state index in [1.807, 2.05) is 36.4 Å². The third-order valence-electron chi connectivity index (χ3n) is 5.33. The number of nitrogens with zero attached hydrogens (tertiary/aromatic N) is 1. The van der Waals surface area contributed by atoms with Crippen molar-refractivity contribution in [1.29, 1.82) is 0 Å². The van der Waals surface area contributed by atoms with Crippen LogP contribution in [0.25, 0.3) is 0 Å². The predicted molar refractivity (Wildman–Crippen MR) is 111 cm³/mol. The van der Waals surface area contributed by atoms with Crippen molar-refractivity contribution in [3.05, 3.63) is 48.0 Å². The summed E-state index contributed by atoms with van der Waals surface area (Å²) in [7, 11) is 0. The molecule has 2 heterocycles. The van der Waals surface area contributed by atoms with Gasteiger partial charge in [-0.3, -0.25) is 19.2 Å². The largest absolute Gasteiger partial charge is 0.351 e. The number of carbonyl (C=O) groups is 4. The van der Waals surface area contributed by atoms with Crippen molar-refractivity contribution in [2.75, 3.05) is 19.6 Å². The molecule has 0 spiro atoms. The van der Waals surface area contributed by atoms with E-state index in [1.165, 1.54) is 4.90 Å². The van der Waals surface area contributed by atoms with Crippen molar-refractivity contribution in [2.24, 2.45) is 0 Å². The highest BCUT2D eigenvalue weighted by Crippen LogP contribution is 2.18. The zero-order valence-corrected chi connectivity index (χ0v) is 16.9. The number of hydrogen-bond acceptors (Lipinski definition) is 4. The van der Waals surface area contributed by atoms with Crippen LogP contribution in [0.1, 0.15) is 31.2 Å². The molecule has 30 heavy (non-hydrogen) atoms. The van der Waals surface area contributed by atoms with Crippen LogP contribution in [-0.4, -0.2) is 60.2 Å². The minimum atomic E-state index is -0.738. The zero-order chi connectivity index (χ0) is 21.3. The maximum atomic E-state index is 13.0. The van der Waals surface area contributed by atoms with E-state index < -0.39 is 12.1 Å². The lowest BCUT2D eigenvalue weighted by molar-refractivity contribution is -0.139. The molecule has 2 atom stereocenters. The van der Waals surface area contributed by atoms with Gasteiger partial charge in [-0.05, 0) is 24.8 Å². The van der Waals surface area contributed by atoms with Crippen LogP contribution >= 0.6 is 0 Å². The highest BCUT2D eigenvalue weighted by molar-refractivity contribution is 5.93. The maximum Gasteiger partial charge on any atom is 0.243 e. The Morgan fingerprint density at radius 1 is 0.967 bits per heavy atom. The van der Waals surface area contributed by atoms with E-state index >= 15 is 0 Å². The molecular weight excluding hydrogens is 384 g/mol. The fourth-order valence-electron chi connectivity index (χ4n) is 3.73. The molecule has 0 radical (unpaired) electrons. The van der Waals surface area contributed by atoms with Crippen molar-refractivity contribution in [2.45, 2.75) is 44.2 Å². The summed E-state index contributed by atoms with van der Waals surface area (Å²) in [6.07, 6.45) is 5.98. The SMILES string of the molecule is O=C1CC/C=C/CNC(=O)[C@H](Cc2ccccc2)NC(=O)[C@@H]2CCCN2C(=O)CN1. The molecule has 0 bridgehead atoms. The van der Waals surface area contributed by atoms with Gasteiger partial charge in [-0.25, -0.2) is 0 Å². The molecule has 160 valence electrons. The number of nitrogens with one attached hydrogen (secondary N) is 3. The highest BCUT2D eigenvalue weighted by Gasteiger charge is 2.35. The maximum absolute atomic E-state index is 13.0. The Bertz CT molecular complexity index is 809. The molecule has 3 rings (SSSR count). The number of amides is 4. The summed E-state index contributed by atoms with van der Waals surface area (Å²) in [4.78, 5) is 51.7. The summed E-state index contributed by atoms with van der Waals surface area (Å²) in [6, 6.07) is 8.12. The van der Waals surface area contributed by atoms with Gasteiger partial charge < -0.3 is 20.9 Å². The number of benzene rings is 1. The van der Waals surface area contributed by atoms with Gasteiger partial charge in [0.25, 0.3) is 0 Å². The second-order valence-corrected chi connectivity index (χ2v) is 7.53. The lowest BCUT2D eigenvalue weighted by Crippen LogP contribution is -2.54. The van der Waals surface area contributed by atoms with Crippen molar-refractivity contribution < 1.29 is 19.2 Å². The minimum Gasteiger partial charge on any atom is -0.351 e. The average Bonchev–Trinajstić information content (AvgIpc) is 3.24. The van der Waals surface area contributed by atoms with Gasteiger partial charge in [-0.2, -0.15) is 0 Å². The summed E-state index contributed by atoms with van der Waals surface area (Å²) in [5.41, 5.74) is 0.935. The Hall–Kier alpha value is -3.16. The molecule has 0 unspecified atom stereocenters. The van der Waals surface area contributed by atoms with Crippen LogP contribution in [0.5, 0.6) is 0 Å². The van der Waals surface area contributed by atoms with Crippen LogP contribution in [-0.2, 0) is 25.6 Å². The first-order valence-electron chi connectivity index (χ1n) is 10.4. The van der Waals surface area contributed by atoms with Crippen molar-refractivity contribution in [3.8, 4) is 0 Å². The fraction of sp³-hybridized carbons (Fsp3) is 0.455. The molecule has 1 saturated heterocycles. The molecule has 8 nitrogen and oxygen atoms in total. The van der Waals surface area contributed by atoms with Gasteiger partial charge in [0.2, 0.25) is 23.6 Å². The van der Waals surface area contributed by atoms with Gasteiger partial charge in [0.15, 0.2) is 0 Å². The normalized spacial score (nSPS) is 25.1. The third-order valence-corrected chi connectivity index (χ3v) is 5.33. The smallest absolute Gasteiger partial charge is 0.243 e. The number of fused-ring (bicyclic) bond motifs is 1. The Labute approximate surface area is 176 Å².